The molecule has 1 heterocycles. The van der Waals surface area contributed by atoms with Gasteiger partial charge in [-0.05, 0) is 86.2 Å². The Hall–Kier alpha value is -2.57. The summed E-state index contributed by atoms with van der Waals surface area (Å²) in [5, 5.41) is 44.9. The lowest BCUT2D eigenvalue weighted by molar-refractivity contribution is -0.296. The zero-order chi connectivity index (χ0) is 37.4. The third-order valence-electron chi connectivity index (χ3n) is 13.2. The number of hydrogen-bond acceptors (Lipinski definition) is 11. The Morgan fingerprint density at radius 1 is 0.960 bits per heavy atom. The maximum absolute atomic E-state index is 14.0. The second-order valence-electron chi connectivity index (χ2n) is 17.8. The van der Waals surface area contributed by atoms with Gasteiger partial charge in [-0.25, -0.2) is 0 Å². The van der Waals surface area contributed by atoms with E-state index in [-0.39, 0.29) is 29.3 Å². The van der Waals surface area contributed by atoms with Crippen LogP contribution in [0.15, 0.2) is 35.6 Å². The Balaban J connectivity index is 1.59. The van der Waals surface area contributed by atoms with Crippen molar-refractivity contribution in [2.24, 2.45) is 39.4 Å². The number of ether oxygens (including phenoxy) is 4. The number of esters is 2. The largest absolute Gasteiger partial charge is 0.513 e. The normalized spacial score (nSPS) is 42.3. The standard InChI is InChI=1S/C39H58O11/c1-21(40)48-27-20-47-33(31(30(27)44)49-22(2)41)50-26-19-38(9)28-12-11-24-25(17-23(42)18-34(24,3)4)36(28,7)15-16-37(38,8)32(26)39(10,46)29(43)13-14-35(5,6)45/h11,13-14,17,25-28,30-33,42,44-46H,12,15-16,18-20H2,1-10H3. The van der Waals surface area contributed by atoms with E-state index in [1.165, 1.54) is 38.5 Å². The lowest BCUT2D eigenvalue weighted by atomic mass is 9.39. The molecule has 2 saturated carbocycles. The average Bonchev–Trinajstić information content (AvgIpc) is 3.20. The molecule has 0 aromatic carbocycles. The van der Waals surface area contributed by atoms with Gasteiger partial charge >= 0.3 is 11.9 Å². The van der Waals surface area contributed by atoms with Crippen LogP contribution in [0.3, 0.4) is 0 Å². The van der Waals surface area contributed by atoms with Crippen LogP contribution >= 0.6 is 0 Å². The smallest absolute Gasteiger partial charge is 0.303 e. The Morgan fingerprint density at radius 3 is 2.20 bits per heavy atom. The van der Waals surface area contributed by atoms with Crippen LogP contribution in [-0.2, 0) is 33.3 Å². The first-order valence-corrected chi connectivity index (χ1v) is 18.0. The topological polar surface area (TPSA) is 169 Å². The summed E-state index contributed by atoms with van der Waals surface area (Å²) in [6.45, 7) is 17.7. The van der Waals surface area contributed by atoms with Crippen molar-refractivity contribution in [2.75, 3.05) is 6.61 Å². The highest BCUT2D eigenvalue weighted by Crippen LogP contribution is 2.75. The van der Waals surface area contributed by atoms with Crippen molar-refractivity contribution in [1.82, 2.24) is 0 Å². The minimum absolute atomic E-state index is 0.0186. The van der Waals surface area contributed by atoms with Crippen LogP contribution in [0.5, 0.6) is 0 Å². The van der Waals surface area contributed by atoms with E-state index in [2.05, 4.69) is 40.7 Å². The molecule has 5 aliphatic rings. The van der Waals surface area contributed by atoms with Gasteiger partial charge in [-0.1, -0.05) is 52.3 Å². The van der Waals surface area contributed by atoms with Crippen molar-refractivity contribution in [2.45, 2.75) is 143 Å². The first-order valence-electron chi connectivity index (χ1n) is 18.0. The number of ketones is 1. The van der Waals surface area contributed by atoms with Gasteiger partial charge in [-0.3, -0.25) is 14.4 Å². The summed E-state index contributed by atoms with van der Waals surface area (Å²) < 4.78 is 23.5. The molecule has 1 saturated heterocycles. The third kappa shape index (κ3) is 6.50. The van der Waals surface area contributed by atoms with Gasteiger partial charge in [0.05, 0.1) is 24.1 Å². The van der Waals surface area contributed by atoms with Crippen LogP contribution in [0.1, 0.15) is 101 Å². The van der Waals surface area contributed by atoms with Crippen molar-refractivity contribution >= 4 is 17.7 Å². The molecule has 0 spiro atoms. The van der Waals surface area contributed by atoms with Crippen LogP contribution < -0.4 is 0 Å². The van der Waals surface area contributed by atoms with Gasteiger partial charge in [0, 0.05) is 32.1 Å². The van der Waals surface area contributed by atoms with Crippen molar-refractivity contribution in [1.29, 1.82) is 0 Å². The van der Waals surface area contributed by atoms with Gasteiger partial charge in [-0.2, -0.15) is 0 Å². The molecule has 12 atom stereocenters. The molecule has 0 radical (unpaired) electrons. The second kappa shape index (κ2) is 12.8. The Labute approximate surface area is 296 Å². The van der Waals surface area contributed by atoms with Gasteiger partial charge in [-0.15, -0.1) is 0 Å². The maximum Gasteiger partial charge on any atom is 0.303 e. The monoisotopic (exact) mass is 702 g/mol. The molecule has 0 bridgehead atoms. The average molecular weight is 703 g/mol. The lowest BCUT2D eigenvalue weighted by Gasteiger charge is -2.65. The summed E-state index contributed by atoms with van der Waals surface area (Å²) in [6, 6.07) is 0. The van der Waals surface area contributed by atoms with Gasteiger partial charge in [0.15, 0.2) is 24.3 Å². The molecule has 50 heavy (non-hydrogen) atoms. The summed E-state index contributed by atoms with van der Waals surface area (Å²) in [6.07, 6.45) is 4.14. The molecule has 4 aliphatic carbocycles. The van der Waals surface area contributed by atoms with Crippen LogP contribution in [0.2, 0.25) is 0 Å². The highest BCUT2D eigenvalue weighted by Gasteiger charge is 2.72. The lowest BCUT2D eigenvalue weighted by Crippen LogP contribution is -2.61. The number of aliphatic hydroxyl groups excluding tert-OH is 2. The van der Waals surface area contributed by atoms with Gasteiger partial charge < -0.3 is 39.4 Å². The molecular formula is C39H58O11. The van der Waals surface area contributed by atoms with E-state index in [0.717, 1.165) is 12.8 Å². The van der Waals surface area contributed by atoms with Crippen LogP contribution in [-0.4, -0.2) is 86.7 Å². The SMILES string of the molecule is CC(=O)OC1COC(OC2CC3(C)C4CC=C5C(C=C(O)CC5(C)C)C4(C)CCC3(C)C2C(C)(O)C(=O)C=CC(C)(C)O)C(OC(C)=O)C1O. The molecular weight excluding hydrogens is 644 g/mol. The number of hydrogen-bond donors (Lipinski definition) is 4. The molecule has 0 aromatic rings. The summed E-state index contributed by atoms with van der Waals surface area (Å²) >= 11 is 0. The molecule has 12 unspecified atom stereocenters. The van der Waals surface area contributed by atoms with Crippen molar-refractivity contribution in [3.8, 4) is 0 Å². The van der Waals surface area contributed by atoms with E-state index in [4.69, 9.17) is 18.9 Å². The Bertz CT molecular complexity index is 1470. The van der Waals surface area contributed by atoms with E-state index in [0.29, 0.717) is 25.0 Å². The van der Waals surface area contributed by atoms with E-state index < -0.39 is 76.4 Å². The first kappa shape index (κ1) is 38.7. The van der Waals surface area contributed by atoms with Gasteiger partial charge in [0.1, 0.15) is 11.7 Å². The van der Waals surface area contributed by atoms with Crippen molar-refractivity contribution in [3.05, 3.63) is 35.6 Å². The van der Waals surface area contributed by atoms with Crippen LogP contribution in [0.4, 0.5) is 0 Å². The minimum atomic E-state index is -1.96. The highest BCUT2D eigenvalue weighted by atomic mass is 16.7. The zero-order valence-corrected chi connectivity index (χ0v) is 31.3. The molecule has 0 amide bonds. The fourth-order valence-electron chi connectivity index (χ4n) is 10.7. The molecule has 4 N–H and O–H groups in total. The molecule has 0 aromatic heterocycles. The fourth-order valence-corrected chi connectivity index (χ4v) is 10.7. The molecule has 280 valence electrons. The van der Waals surface area contributed by atoms with E-state index in [1.807, 2.05) is 6.08 Å². The maximum atomic E-state index is 14.0. The van der Waals surface area contributed by atoms with Crippen LogP contribution in [0.25, 0.3) is 0 Å². The zero-order valence-electron chi connectivity index (χ0n) is 31.3. The quantitative estimate of drug-likeness (QED) is 0.155. The highest BCUT2D eigenvalue weighted by molar-refractivity contribution is 5.97. The summed E-state index contributed by atoms with van der Waals surface area (Å²) in [5.41, 5.74) is -3.51. The summed E-state index contributed by atoms with van der Waals surface area (Å²) in [5.74, 6) is -2.21. The molecule has 11 nitrogen and oxygen atoms in total. The fraction of sp³-hybridized carbons (Fsp3) is 0.769. The Kier molecular flexibility index (Phi) is 9.92. The molecule has 11 heteroatoms. The Morgan fingerprint density at radius 2 is 1.60 bits per heavy atom. The summed E-state index contributed by atoms with van der Waals surface area (Å²) in [7, 11) is 0. The van der Waals surface area contributed by atoms with Gasteiger partial charge in [0.2, 0.25) is 0 Å². The number of allylic oxidation sites excluding steroid dienone is 4. The molecule has 1 aliphatic heterocycles. The number of carbonyl (C=O) groups is 3. The van der Waals surface area contributed by atoms with Crippen LogP contribution in [0, 0.1) is 39.4 Å². The third-order valence-corrected chi connectivity index (χ3v) is 13.2. The predicted octanol–water partition coefficient (Wildman–Crippen LogP) is 4.87. The second-order valence-corrected chi connectivity index (χ2v) is 17.8. The number of carbonyl (C=O) groups excluding carboxylic acids is 3. The molecule has 5 rings (SSSR count). The number of aliphatic hydroxyl groups is 4. The van der Waals surface area contributed by atoms with Crippen molar-refractivity contribution in [3.63, 3.8) is 0 Å². The van der Waals surface area contributed by atoms with E-state index in [1.54, 1.807) is 13.8 Å². The van der Waals surface area contributed by atoms with Gasteiger partial charge in [0.25, 0.3) is 0 Å². The van der Waals surface area contributed by atoms with Crippen molar-refractivity contribution < 1.29 is 53.8 Å². The minimum Gasteiger partial charge on any atom is -0.513 e. The molecule has 3 fully saturated rings. The predicted molar refractivity (Wildman–Crippen MR) is 183 cm³/mol. The number of rotatable bonds is 8. The van der Waals surface area contributed by atoms with E-state index >= 15 is 0 Å². The number of fused-ring (bicyclic) bond motifs is 5. The first-order chi connectivity index (χ1) is 22.9. The summed E-state index contributed by atoms with van der Waals surface area (Å²) in [4.78, 5) is 37.9. The van der Waals surface area contributed by atoms with E-state index in [9.17, 15) is 34.8 Å².